The van der Waals surface area contributed by atoms with Crippen molar-refractivity contribution in [3.63, 3.8) is 0 Å². The summed E-state index contributed by atoms with van der Waals surface area (Å²) in [6.07, 6.45) is 10.1. The van der Waals surface area contributed by atoms with Gasteiger partial charge in [0.15, 0.2) is 0 Å². The lowest BCUT2D eigenvalue weighted by molar-refractivity contribution is 0.0302. The average molecular weight is 307 g/mol. The largest absolute Gasteiger partial charge is 0.346 e. The molecule has 3 aromatic rings. The molecule has 5 nitrogen and oxygen atoms in total. The predicted octanol–water partition coefficient (Wildman–Crippen LogP) is 3.16. The molecule has 0 saturated heterocycles. The van der Waals surface area contributed by atoms with E-state index in [1.54, 1.807) is 12.1 Å². The van der Waals surface area contributed by atoms with Gasteiger partial charge in [0.1, 0.15) is 5.65 Å². The normalized spacial score (nSPS) is 33.2. The Kier molecular flexibility index (Phi) is 2.20. The SMILES string of the molecule is O=c1[nH]c2cnc3[nH]ccc3c2n1C1C2C[C]3CC(C2)CC1C3. The molecule has 3 heterocycles. The van der Waals surface area contributed by atoms with Crippen LogP contribution in [-0.4, -0.2) is 19.5 Å². The fraction of sp³-hybridized carbons (Fsp3) is 0.500. The van der Waals surface area contributed by atoms with E-state index in [-0.39, 0.29) is 5.69 Å². The van der Waals surface area contributed by atoms with Crippen LogP contribution in [0.25, 0.3) is 22.1 Å². The molecule has 0 amide bonds. The van der Waals surface area contributed by atoms with E-state index in [2.05, 4.69) is 19.5 Å². The highest BCUT2D eigenvalue weighted by atomic mass is 16.1. The maximum Gasteiger partial charge on any atom is 0.326 e. The van der Waals surface area contributed by atoms with E-state index >= 15 is 0 Å². The standard InChI is InChI=1S/C18H19N4O/c23-18-21-14-8-20-17-13(1-2-19-17)16(14)22(18)15-11-4-9-3-10(6-11)7-12(15)5-9/h1-2,8-9,11-12,15H,3-7H2,(H,19,20)(H,21,23). The minimum Gasteiger partial charge on any atom is -0.346 e. The first kappa shape index (κ1) is 12.4. The number of imidazole rings is 1. The van der Waals surface area contributed by atoms with Gasteiger partial charge in [-0.3, -0.25) is 4.57 Å². The molecule has 7 rings (SSSR count). The van der Waals surface area contributed by atoms with E-state index in [0.717, 1.165) is 28.0 Å². The molecular weight excluding hydrogens is 288 g/mol. The number of hydrogen-bond donors (Lipinski definition) is 2. The van der Waals surface area contributed by atoms with Crippen LogP contribution in [0.2, 0.25) is 0 Å². The number of aromatic amines is 2. The monoisotopic (exact) mass is 307 g/mol. The third-order valence-corrected chi connectivity index (χ3v) is 6.47. The molecule has 2 N–H and O–H groups in total. The van der Waals surface area contributed by atoms with Crippen molar-refractivity contribution in [1.29, 1.82) is 0 Å². The van der Waals surface area contributed by atoms with Crippen LogP contribution in [0, 0.1) is 23.7 Å². The topological polar surface area (TPSA) is 66.5 Å². The Morgan fingerprint density at radius 2 is 2.00 bits per heavy atom. The molecule has 4 saturated carbocycles. The van der Waals surface area contributed by atoms with Crippen LogP contribution in [-0.2, 0) is 0 Å². The van der Waals surface area contributed by atoms with Gasteiger partial charge in [0.05, 0.1) is 17.2 Å². The van der Waals surface area contributed by atoms with Crippen molar-refractivity contribution >= 4 is 22.1 Å². The van der Waals surface area contributed by atoms with Gasteiger partial charge in [0.2, 0.25) is 0 Å². The summed E-state index contributed by atoms with van der Waals surface area (Å²) >= 11 is 0. The van der Waals surface area contributed by atoms with Crippen molar-refractivity contribution in [1.82, 2.24) is 19.5 Å². The first-order chi connectivity index (χ1) is 11.3. The molecule has 4 bridgehead atoms. The number of aromatic nitrogens is 4. The zero-order chi connectivity index (χ0) is 15.1. The fourth-order valence-electron chi connectivity index (χ4n) is 5.92. The number of rotatable bonds is 1. The lowest BCUT2D eigenvalue weighted by Gasteiger charge is -2.54. The van der Waals surface area contributed by atoms with Gasteiger partial charge >= 0.3 is 5.69 Å². The minimum atomic E-state index is 0.0398. The Bertz CT molecular complexity index is 950. The van der Waals surface area contributed by atoms with Crippen molar-refractivity contribution < 1.29 is 0 Å². The van der Waals surface area contributed by atoms with Gasteiger partial charge in [-0.2, -0.15) is 0 Å². The van der Waals surface area contributed by atoms with Crippen molar-refractivity contribution in [3.8, 4) is 0 Å². The summed E-state index contributed by atoms with van der Waals surface area (Å²) < 4.78 is 2.08. The maximum atomic E-state index is 12.8. The second-order valence-corrected chi connectivity index (χ2v) is 7.77. The molecule has 5 heteroatoms. The van der Waals surface area contributed by atoms with Crippen LogP contribution in [0.15, 0.2) is 23.3 Å². The summed E-state index contributed by atoms with van der Waals surface area (Å²) in [7, 11) is 0. The van der Waals surface area contributed by atoms with E-state index in [1.165, 1.54) is 32.1 Å². The van der Waals surface area contributed by atoms with Crippen molar-refractivity contribution in [2.45, 2.75) is 38.1 Å². The van der Waals surface area contributed by atoms with Crippen LogP contribution < -0.4 is 5.69 Å². The highest BCUT2D eigenvalue weighted by Gasteiger charge is 2.49. The summed E-state index contributed by atoms with van der Waals surface area (Å²) in [5.74, 6) is 3.94. The lowest BCUT2D eigenvalue weighted by atomic mass is 9.54. The van der Waals surface area contributed by atoms with Crippen LogP contribution in [0.3, 0.4) is 0 Å². The van der Waals surface area contributed by atoms with Crippen molar-refractivity contribution in [2.75, 3.05) is 0 Å². The van der Waals surface area contributed by atoms with Gasteiger partial charge < -0.3 is 9.97 Å². The Morgan fingerprint density at radius 1 is 1.17 bits per heavy atom. The predicted molar refractivity (Wildman–Crippen MR) is 88.0 cm³/mol. The summed E-state index contributed by atoms with van der Waals surface area (Å²) in [5, 5.41) is 1.06. The molecule has 1 radical (unpaired) electrons. The van der Waals surface area contributed by atoms with Gasteiger partial charge in [0, 0.05) is 17.6 Å². The Morgan fingerprint density at radius 3 is 2.78 bits per heavy atom. The Hall–Kier alpha value is -2.04. The summed E-state index contributed by atoms with van der Waals surface area (Å²) in [4.78, 5) is 23.4. The molecule has 0 aliphatic heterocycles. The fourth-order valence-corrected chi connectivity index (χ4v) is 5.92. The van der Waals surface area contributed by atoms with E-state index in [9.17, 15) is 4.79 Å². The molecule has 0 aromatic carbocycles. The van der Waals surface area contributed by atoms with Crippen molar-refractivity contribution in [3.05, 3.63) is 34.9 Å². The molecule has 4 aliphatic rings. The molecule has 0 spiro atoms. The number of pyridine rings is 1. The summed E-state index contributed by atoms with van der Waals surface area (Å²) in [6, 6.07) is 2.40. The molecule has 117 valence electrons. The molecule has 23 heavy (non-hydrogen) atoms. The smallest absolute Gasteiger partial charge is 0.326 e. The van der Waals surface area contributed by atoms with Crippen LogP contribution in [0.1, 0.15) is 38.1 Å². The zero-order valence-corrected chi connectivity index (χ0v) is 12.9. The van der Waals surface area contributed by atoms with Gasteiger partial charge in [-0.25, -0.2) is 9.78 Å². The van der Waals surface area contributed by atoms with E-state index in [0.29, 0.717) is 17.9 Å². The summed E-state index contributed by atoms with van der Waals surface area (Å²) in [5.41, 5.74) is 2.81. The quantitative estimate of drug-likeness (QED) is 0.725. The van der Waals surface area contributed by atoms with Crippen molar-refractivity contribution in [2.24, 2.45) is 17.8 Å². The molecule has 3 aromatic heterocycles. The number of nitrogens with zero attached hydrogens (tertiary/aromatic N) is 2. The highest BCUT2D eigenvalue weighted by molar-refractivity contribution is 6.00. The average Bonchev–Trinajstić information content (AvgIpc) is 3.10. The molecule has 4 aliphatic carbocycles. The van der Waals surface area contributed by atoms with Crippen LogP contribution >= 0.6 is 0 Å². The minimum absolute atomic E-state index is 0.0398. The first-order valence-corrected chi connectivity index (χ1v) is 8.68. The molecule has 2 atom stereocenters. The number of nitrogens with one attached hydrogen (secondary N) is 2. The summed E-state index contributed by atoms with van der Waals surface area (Å²) in [6.45, 7) is 0. The number of fused-ring (bicyclic) bond motifs is 3. The Balaban J connectivity index is 1.63. The van der Waals surface area contributed by atoms with E-state index in [4.69, 9.17) is 0 Å². The van der Waals surface area contributed by atoms with Crippen LogP contribution in [0.4, 0.5) is 0 Å². The third kappa shape index (κ3) is 1.53. The van der Waals surface area contributed by atoms with Gasteiger partial charge in [-0.15, -0.1) is 0 Å². The second kappa shape index (κ2) is 4.08. The highest BCUT2D eigenvalue weighted by Crippen LogP contribution is 2.59. The van der Waals surface area contributed by atoms with Gasteiger partial charge in [0.25, 0.3) is 0 Å². The van der Waals surface area contributed by atoms with Crippen LogP contribution in [0.5, 0.6) is 0 Å². The Labute approximate surface area is 133 Å². The zero-order valence-electron chi connectivity index (χ0n) is 12.9. The third-order valence-electron chi connectivity index (χ3n) is 6.47. The van der Waals surface area contributed by atoms with E-state index < -0.39 is 0 Å². The lowest BCUT2D eigenvalue weighted by Crippen LogP contribution is -2.47. The van der Waals surface area contributed by atoms with E-state index in [1.807, 2.05) is 12.3 Å². The maximum absolute atomic E-state index is 12.8. The second-order valence-electron chi connectivity index (χ2n) is 7.77. The number of H-pyrrole nitrogens is 2. The first-order valence-electron chi connectivity index (χ1n) is 8.68. The molecular formula is C18H19N4O. The molecule has 4 fully saturated rings. The number of hydrogen-bond acceptors (Lipinski definition) is 2. The molecule has 2 unspecified atom stereocenters. The van der Waals surface area contributed by atoms with Gasteiger partial charge in [-0.05, 0) is 61.8 Å². The van der Waals surface area contributed by atoms with Gasteiger partial charge in [-0.1, -0.05) is 0 Å².